The number of nitrogens with one attached hydrogen (secondary N) is 1. The molecule has 0 spiro atoms. The van der Waals surface area contributed by atoms with E-state index in [0.29, 0.717) is 5.92 Å². The summed E-state index contributed by atoms with van der Waals surface area (Å²) in [6, 6.07) is 8.74. The van der Waals surface area contributed by atoms with Crippen LogP contribution in [0.5, 0.6) is 0 Å². The number of likely N-dealkylation sites (N-methyl/N-ethyl adjacent to an activating group) is 1. The third-order valence-electron chi connectivity index (χ3n) is 5.24. The first-order valence-corrected chi connectivity index (χ1v) is 9.65. The van der Waals surface area contributed by atoms with Crippen molar-refractivity contribution >= 4 is 11.9 Å². The van der Waals surface area contributed by atoms with Gasteiger partial charge in [0.15, 0.2) is 0 Å². The van der Waals surface area contributed by atoms with Gasteiger partial charge in [-0.2, -0.15) is 0 Å². The lowest BCUT2D eigenvalue weighted by Crippen LogP contribution is -2.55. The molecule has 1 saturated carbocycles. The van der Waals surface area contributed by atoms with Crippen LogP contribution in [0.4, 0.5) is 0 Å². The van der Waals surface area contributed by atoms with E-state index in [4.69, 9.17) is 5.11 Å². The minimum atomic E-state index is -0.797. The maximum atomic E-state index is 12.5. The number of carbonyl (C=O) groups excluding carboxylic acids is 1. The number of amides is 1. The fourth-order valence-electron chi connectivity index (χ4n) is 3.57. The highest BCUT2D eigenvalue weighted by Gasteiger charge is 2.35. The minimum Gasteiger partial charge on any atom is -0.480 e. The maximum absolute atomic E-state index is 12.5. The van der Waals surface area contributed by atoms with Gasteiger partial charge in [-0.25, -0.2) is 0 Å². The van der Waals surface area contributed by atoms with Crippen LogP contribution in [0.3, 0.4) is 0 Å². The van der Waals surface area contributed by atoms with Gasteiger partial charge < -0.3 is 10.4 Å². The van der Waals surface area contributed by atoms with Crippen molar-refractivity contribution in [3.05, 3.63) is 35.4 Å². The van der Waals surface area contributed by atoms with Crippen LogP contribution >= 0.6 is 0 Å². The lowest BCUT2D eigenvalue weighted by molar-refractivity contribution is -0.139. The average Bonchev–Trinajstić information content (AvgIpc) is 2.55. The van der Waals surface area contributed by atoms with Gasteiger partial charge in [-0.3, -0.25) is 14.5 Å². The molecule has 5 nitrogen and oxygen atoms in total. The monoisotopic (exact) mass is 360 g/mol. The van der Waals surface area contributed by atoms with Crippen LogP contribution in [-0.2, 0) is 16.0 Å². The van der Waals surface area contributed by atoms with Crippen LogP contribution < -0.4 is 5.32 Å². The van der Waals surface area contributed by atoms with Crippen molar-refractivity contribution in [1.29, 1.82) is 0 Å². The lowest BCUT2D eigenvalue weighted by Gasteiger charge is -2.42. The molecule has 0 aliphatic heterocycles. The number of hydrogen-bond acceptors (Lipinski definition) is 3. The Morgan fingerprint density at radius 3 is 2.31 bits per heavy atom. The molecule has 0 heterocycles. The largest absolute Gasteiger partial charge is 0.480 e. The van der Waals surface area contributed by atoms with E-state index < -0.39 is 5.97 Å². The van der Waals surface area contributed by atoms with E-state index in [1.807, 2.05) is 18.7 Å². The summed E-state index contributed by atoms with van der Waals surface area (Å²) in [4.78, 5) is 25.4. The fourth-order valence-corrected chi connectivity index (χ4v) is 3.57. The molecular formula is C21H32N2O3. The normalized spacial score (nSPS) is 20.7. The second kappa shape index (κ2) is 9.17. The summed E-state index contributed by atoms with van der Waals surface area (Å²) in [5, 5.41) is 12.1. The van der Waals surface area contributed by atoms with Gasteiger partial charge in [0.25, 0.3) is 0 Å². The minimum absolute atomic E-state index is 0.0475. The quantitative estimate of drug-likeness (QED) is 0.710. The van der Waals surface area contributed by atoms with Gasteiger partial charge in [-0.05, 0) is 49.8 Å². The molecule has 144 valence electrons. The summed E-state index contributed by atoms with van der Waals surface area (Å²) in [5.74, 6) is -0.305. The summed E-state index contributed by atoms with van der Waals surface area (Å²) < 4.78 is 0. The van der Waals surface area contributed by atoms with Gasteiger partial charge >= 0.3 is 5.97 Å². The third kappa shape index (κ3) is 5.56. The van der Waals surface area contributed by atoms with Gasteiger partial charge in [-0.15, -0.1) is 0 Å². The number of hydrogen-bond donors (Lipinski definition) is 2. The second-order valence-electron chi connectivity index (χ2n) is 7.85. The Kier molecular flexibility index (Phi) is 7.21. The van der Waals surface area contributed by atoms with Gasteiger partial charge in [0.05, 0.1) is 12.5 Å². The molecule has 26 heavy (non-hydrogen) atoms. The molecular weight excluding hydrogens is 328 g/mol. The van der Waals surface area contributed by atoms with Gasteiger partial charge in [0, 0.05) is 12.1 Å². The Bertz CT molecular complexity index is 606. The predicted octanol–water partition coefficient (Wildman–Crippen LogP) is 3.04. The molecule has 1 amide bonds. The molecule has 1 fully saturated rings. The first-order chi connectivity index (χ1) is 12.3. The highest BCUT2D eigenvalue weighted by molar-refractivity contribution is 5.83. The molecule has 0 unspecified atom stereocenters. The van der Waals surface area contributed by atoms with E-state index in [2.05, 4.69) is 43.4 Å². The van der Waals surface area contributed by atoms with Gasteiger partial charge in [-0.1, -0.05) is 45.0 Å². The smallest absolute Gasteiger partial charge is 0.317 e. The summed E-state index contributed by atoms with van der Waals surface area (Å²) in [6.07, 6.45) is 2.70. The van der Waals surface area contributed by atoms with Crippen LogP contribution in [-0.4, -0.2) is 47.1 Å². The van der Waals surface area contributed by atoms with Crippen LogP contribution in [0.2, 0.25) is 0 Å². The molecule has 0 bridgehead atoms. The Morgan fingerprint density at radius 1 is 1.19 bits per heavy atom. The standard InChI is InChI=1S/C21H32N2O3/c1-5-23(13-20(24)25)19-11-18(12-19)22-21(26)15(4)17-8-6-16(7-9-17)10-14(2)3/h6-9,14-15,18-19H,5,10-13H2,1-4H3,(H,22,26)(H,24,25)/t15-,18?,19?/m0/s1. The summed E-state index contributed by atoms with van der Waals surface area (Å²) in [6.45, 7) is 9.10. The zero-order valence-electron chi connectivity index (χ0n) is 16.4. The van der Waals surface area contributed by atoms with Crippen molar-refractivity contribution in [2.45, 2.75) is 65.0 Å². The summed E-state index contributed by atoms with van der Waals surface area (Å²) in [5.41, 5.74) is 2.34. The Balaban J connectivity index is 1.82. The van der Waals surface area contributed by atoms with Crippen molar-refractivity contribution in [3.63, 3.8) is 0 Å². The van der Waals surface area contributed by atoms with E-state index in [1.165, 1.54) is 5.56 Å². The maximum Gasteiger partial charge on any atom is 0.317 e. The Morgan fingerprint density at radius 2 is 1.81 bits per heavy atom. The zero-order chi connectivity index (χ0) is 19.3. The van der Waals surface area contributed by atoms with E-state index >= 15 is 0 Å². The molecule has 0 saturated heterocycles. The Hall–Kier alpha value is -1.88. The predicted molar refractivity (Wildman–Crippen MR) is 103 cm³/mol. The van der Waals surface area contributed by atoms with Crippen LogP contribution in [0.1, 0.15) is 57.6 Å². The molecule has 5 heteroatoms. The average molecular weight is 360 g/mol. The number of carbonyl (C=O) groups is 2. The Labute approximate surface area is 156 Å². The van der Waals surface area contributed by atoms with Gasteiger partial charge in [0.1, 0.15) is 0 Å². The number of carboxylic acid groups (broad SMARTS) is 1. The van der Waals surface area contributed by atoms with Crippen molar-refractivity contribution in [1.82, 2.24) is 10.2 Å². The zero-order valence-corrected chi connectivity index (χ0v) is 16.4. The van der Waals surface area contributed by atoms with Crippen molar-refractivity contribution < 1.29 is 14.7 Å². The summed E-state index contributed by atoms with van der Waals surface area (Å²) in [7, 11) is 0. The van der Waals surface area contributed by atoms with E-state index in [1.54, 1.807) is 0 Å². The summed E-state index contributed by atoms with van der Waals surface area (Å²) >= 11 is 0. The molecule has 1 aromatic rings. The first kappa shape index (κ1) is 20.4. The molecule has 2 N–H and O–H groups in total. The van der Waals surface area contributed by atoms with Gasteiger partial charge in [0.2, 0.25) is 5.91 Å². The fraction of sp³-hybridized carbons (Fsp3) is 0.619. The molecule has 0 aromatic heterocycles. The number of aliphatic carboxylic acids is 1. The lowest BCUT2D eigenvalue weighted by atomic mass is 9.84. The van der Waals surface area contributed by atoms with Crippen LogP contribution in [0.15, 0.2) is 24.3 Å². The third-order valence-corrected chi connectivity index (χ3v) is 5.24. The van der Waals surface area contributed by atoms with E-state index in [-0.39, 0.29) is 30.5 Å². The topological polar surface area (TPSA) is 69.6 Å². The first-order valence-electron chi connectivity index (χ1n) is 9.65. The highest BCUT2D eigenvalue weighted by atomic mass is 16.4. The van der Waals surface area contributed by atoms with Crippen LogP contribution in [0, 0.1) is 5.92 Å². The highest BCUT2D eigenvalue weighted by Crippen LogP contribution is 2.27. The molecule has 0 radical (unpaired) electrons. The van der Waals surface area contributed by atoms with Crippen molar-refractivity contribution in [2.24, 2.45) is 5.92 Å². The molecule has 2 rings (SSSR count). The van der Waals surface area contributed by atoms with Crippen molar-refractivity contribution in [3.8, 4) is 0 Å². The van der Waals surface area contributed by atoms with Crippen molar-refractivity contribution in [2.75, 3.05) is 13.1 Å². The van der Waals surface area contributed by atoms with E-state index in [9.17, 15) is 9.59 Å². The molecule has 1 aliphatic carbocycles. The second-order valence-corrected chi connectivity index (χ2v) is 7.85. The number of carboxylic acids is 1. The van der Waals surface area contributed by atoms with Crippen LogP contribution in [0.25, 0.3) is 0 Å². The molecule has 1 atom stereocenters. The number of rotatable bonds is 9. The molecule has 1 aromatic carbocycles. The van der Waals surface area contributed by atoms with E-state index in [0.717, 1.165) is 31.4 Å². The molecule has 1 aliphatic rings. The SMILES string of the molecule is CCN(CC(=O)O)C1CC(NC(=O)[C@@H](C)c2ccc(CC(C)C)cc2)C1. The number of nitrogens with zero attached hydrogens (tertiary/aromatic N) is 1. The number of benzene rings is 1.